The molecule has 1 heterocycles. The van der Waals surface area contributed by atoms with E-state index >= 15 is 0 Å². The first-order valence-corrected chi connectivity index (χ1v) is 4.27. The van der Waals surface area contributed by atoms with Gasteiger partial charge < -0.3 is 4.74 Å². The van der Waals surface area contributed by atoms with Gasteiger partial charge in [-0.2, -0.15) is 0 Å². The van der Waals surface area contributed by atoms with Crippen LogP contribution in [0.1, 0.15) is 19.8 Å². The van der Waals surface area contributed by atoms with Crippen LogP contribution < -0.4 is 0 Å². The molecular formula is C9H12N2O3. The van der Waals surface area contributed by atoms with Gasteiger partial charge in [-0.15, -0.1) is 0 Å². The molecule has 0 N–H and O–H groups in total. The minimum absolute atomic E-state index is 0.172. The van der Waals surface area contributed by atoms with Crippen molar-refractivity contribution in [2.24, 2.45) is 9.98 Å². The van der Waals surface area contributed by atoms with Crippen LogP contribution in [0.25, 0.3) is 0 Å². The molecule has 1 unspecified atom stereocenters. The van der Waals surface area contributed by atoms with Crippen molar-refractivity contribution in [2.45, 2.75) is 25.3 Å². The number of aliphatic imine (C=N–C) groups is 2. The zero-order chi connectivity index (χ0) is 10.6. The predicted octanol–water partition coefficient (Wildman–Crippen LogP) is 0.380. The molecule has 5 nitrogen and oxygen atoms in total. The first-order chi connectivity index (χ1) is 6.58. The van der Waals surface area contributed by atoms with Crippen LogP contribution in [0.3, 0.4) is 0 Å². The zero-order valence-electron chi connectivity index (χ0n) is 8.19. The predicted molar refractivity (Wildman–Crippen MR) is 51.6 cm³/mol. The molecule has 0 aromatic carbocycles. The van der Waals surface area contributed by atoms with Gasteiger partial charge in [-0.3, -0.25) is 14.6 Å². The second-order valence-electron chi connectivity index (χ2n) is 3.21. The minimum Gasteiger partial charge on any atom is -0.469 e. The number of rotatable bonds is 3. The number of hydrogen-bond donors (Lipinski definition) is 0. The summed E-state index contributed by atoms with van der Waals surface area (Å²) < 4.78 is 4.48. The Labute approximate surface area is 81.9 Å². The number of esters is 1. The lowest BCUT2D eigenvalue weighted by atomic mass is 9.95. The highest BCUT2D eigenvalue weighted by Crippen LogP contribution is 2.21. The summed E-state index contributed by atoms with van der Waals surface area (Å²) in [6.45, 7) is 1.66. The van der Waals surface area contributed by atoms with E-state index in [4.69, 9.17) is 0 Å². The fourth-order valence-corrected chi connectivity index (χ4v) is 1.11. The van der Waals surface area contributed by atoms with Gasteiger partial charge in [0.2, 0.25) is 0 Å². The number of hydrogen-bond acceptors (Lipinski definition) is 4. The van der Waals surface area contributed by atoms with Crippen LogP contribution in [-0.2, 0) is 14.3 Å². The summed E-state index contributed by atoms with van der Waals surface area (Å²) in [5.74, 6) is -0.660. The third-order valence-electron chi connectivity index (χ3n) is 2.12. The quantitative estimate of drug-likeness (QED) is 0.613. The Kier molecular flexibility index (Phi) is 3.11. The molecule has 0 saturated carbocycles. The molecule has 0 aromatic rings. The highest BCUT2D eigenvalue weighted by atomic mass is 16.5. The minimum atomic E-state index is -0.900. The Balaban J connectivity index is 2.58. The van der Waals surface area contributed by atoms with Crippen LogP contribution in [0, 0.1) is 0 Å². The fourth-order valence-electron chi connectivity index (χ4n) is 1.11. The van der Waals surface area contributed by atoms with E-state index in [9.17, 15) is 9.59 Å². The Bertz CT molecular complexity index is 309. The Hall–Kier alpha value is -1.52. The lowest BCUT2D eigenvalue weighted by Crippen LogP contribution is -2.35. The zero-order valence-corrected chi connectivity index (χ0v) is 8.19. The molecule has 1 aliphatic rings. The molecule has 0 radical (unpaired) electrons. The maximum absolute atomic E-state index is 11.4. The first-order valence-electron chi connectivity index (χ1n) is 4.27. The molecule has 0 spiro atoms. The van der Waals surface area contributed by atoms with Crippen molar-refractivity contribution in [3.8, 4) is 0 Å². The highest BCUT2D eigenvalue weighted by Gasteiger charge is 2.33. The lowest BCUT2D eigenvalue weighted by molar-refractivity contribution is -0.141. The van der Waals surface area contributed by atoms with Gasteiger partial charge in [0.1, 0.15) is 5.54 Å². The highest BCUT2D eigenvalue weighted by molar-refractivity contribution is 6.22. The molecule has 0 fully saturated rings. The maximum atomic E-state index is 11.4. The first kappa shape index (κ1) is 10.6. The van der Waals surface area contributed by atoms with E-state index < -0.39 is 5.54 Å². The number of nitrogens with zero attached hydrogens (tertiary/aromatic N) is 2. The summed E-state index contributed by atoms with van der Waals surface area (Å²) in [5.41, 5.74) is -0.900. The second-order valence-corrected chi connectivity index (χ2v) is 3.21. The second kappa shape index (κ2) is 4.13. The van der Waals surface area contributed by atoms with Gasteiger partial charge in [-0.05, 0) is 13.3 Å². The van der Waals surface area contributed by atoms with E-state index in [0.717, 1.165) is 0 Å². The Morgan fingerprint density at radius 3 is 2.86 bits per heavy atom. The van der Waals surface area contributed by atoms with Crippen molar-refractivity contribution in [3.63, 3.8) is 0 Å². The maximum Gasteiger partial charge on any atom is 0.305 e. The molecule has 1 atom stereocenters. The van der Waals surface area contributed by atoms with Crippen LogP contribution in [0.4, 0.5) is 0 Å². The average molecular weight is 196 g/mol. The molecule has 1 amide bonds. The summed E-state index contributed by atoms with van der Waals surface area (Å²) in [6.07, 6.45) is 3.32. The van der Waals surface area contributed by atoms with Gasteiger partial charge in [0.15, 0.2) is 0 Å². The number of methoxy groups -OCH3 is 1. The van der Waals surface area contributed by atoms with Crippen molar-refractivity contribution < 1.29 is 14.3 Å². The van der Waals surface area contributed by atoms with Crippen LogP contribution in [-0.4, -0.2) is 37.0 Å². The van der Waals surface area contributed by atoms with Crippen molar-refractivity contribution in [1.82, 2.24) is 0 Å². The fraction of sp³-hybridized carbons (Fsp3) is 0.556. The van der Waals surface area contributed by atoms with E-state index in [1.165, 1.54) is 19.5 Å². The molecule has 1 rings (SSSR count). The van der Waals surface area contributed by atoms with Crippen molar-refractivity contribution in [3.05, 3.63) is 0 Å². The number of amides is 1. The van der Waals surface area contributed by atoms with Gasteiger partial charge in [0, 0.05) is 18.9 Å². The van der Waals surface area contributed by atoms with E-state index in [-0.39, 0.29) is 18.3 Å². The average Bonchev–Trinajstić information content (AvgIpc) is 2.19. The summed E-state index contributed by atoms with van der Waals surface area (Å²) in [7, 11) is 1.31. The summed E-state index contributed by atoms with van der Waals surface area (Å²) in [5, 5.41) is 0. The van der Waals surface area contributed by atoms with E-state index in [2.05, 4.69) is 14.7 Å². The number of ether oxygens (including phenoxy) is 1. The van der Waals surface area contributed by atoms with Crippen LogP contribution in [0.2, 0.25) is 0 Å². The van der Waals surface area contributed by atoms with Gasteiger partial charge in [-0.25, -0.2) is 4.99 Å². The van der Waals surface area contributed by atoms with Crippen LogP contribution in [0.5, 0.6) is 0 Å². The van der Waals surface area contributed by atoms with E-state index in [0.29, 0.717) is 6.42 Å². The normalized spacial score (nSPS) is 25.1. The van der Waals surface area contributed by atoms with E-state index in [1.54, 1.807) is 6.92 Å². The van der Waals surface area contributed by atoms with Gasteiger partial charge in [0.25, 0.3) is 5.91 Å². The lowest BCUT2D eigenvalue weighted by Gasteiger charge is -2.21. The summed E-state index contributed by atoms with van der Waals surface area (Å²) in [4.78, 5) is 29.9. The molecule has 0 aliphatic carbocycles. The molecule has 0 saturated heterocycles. The van der Waals surface area contributed by atoms with Gasteiger partial charge in [-0.1, -0.05) is 0 Å². The smallest absolute Gasteiger partial charge is 0.305 e. The standard InChI is InChI=1S/C9H12N2O3/c1-9(4-3-7(12)14-2)8(13)10-5-6-11-9/h5-6H,3-4H2,1-2H3. The monoisotopic (exact) mass is 196 g/mol. The largest absolute Gasteiger partial charge is 0.469 e. The molecular weight excluding hydrogens is 184 g/mol. The van der Waals surface area contributed by atoms with Crippen molar-refractivity contribution in [2.75, 3.05) is 7.11 Å². The molecule has 14 heavy (non-hydrogen) atoms. The summed E-state index contributed by atoms with van der Waals surface area (Å²) >= 11 is 0. The Morgan fingerprint density at radius 2 is 2.29 bits per heavy atom. The van der Waals surface area contributed by atoms with Crippen LogP contribution >= 0.6 is 0 Å². The Morgan fingerprint density at radius 1 is 1.57 bits per heavy atom. The molecule has 0 aromatic heterocycles. The van der Waals surface area contributed by atoms with E-state index in [1.807, 2.05) is 0 Å². The number of carbonyl (C=O) groups excluding carboxylic acids is 2. The van der Waals surface area contributed by atoms with Crippen molar-refractivity contribution in [1.29, 1.82) is 0 Å². The van der Waals surface area contributed by atoms with Crippen molar-refractivity contribution >= 4 is 24.3 Å². The molecule has 76 valence electrons. The molecule has 0 bridgehead atoms. The summed E-state index contributed by atoms with van der Waals surface area (Å²) in [6, 6.07) is 0. The SMILES string of the molecule is COC(=O)CCC1(C)N=CC=NC1=O. The molecule has 5 heteroatoms. The third-order valence-corrected chi connectivity index (χ3v) is 2.12. The molecule has 1 aliphatic heterocycles. The third kappa shape index (κ3) is 2.25. The topological polar surface area (TPSA) is 68.1 Å². The number of carbonyl (C=O) groups is 2. The van der Waals surface area contributed by atoms with Gasteiger partial charge in [0.05, 0.1) is 7.11 Å². The van der Waals surface area contributed by atoms with Crippen LogP contribution in [0.15, 0.2) is 9.98 Å². The van der Waals surface area contributed by atoms with Gasteiger partial charge >= 0.3 is 5.97 Å².